The highest BCUT2D eigenvalue weighted by atomic mass is 16.5. The van der Waals surface area contributed by atoms with Gasteiger partial charge in [0.2, 0.25) is 0 Å². The molecule has 80 valence electrons. The van der Waals surface area contributed by atoms with E-state index >= 15 is 0 Å². The lowest BCUT2D eigenvalue weighted by molar-refractivity contribution is -0.131. The molecule has 14 heavy (non-hydrogen) atoms. The zero-order valence-electron chi connectivity index (χ0n) is 8.62. The van der Waals surface area contributed by atoms with Crippen molar-refractivity contribution in [2.75, 3.05) is 13.7 Å². The molecule has 1 saturated carbocycles. The van der Waals surface area contributed by atoms with Gasteiger partial charge in [-0.2, -0.15) is 0 Å². The highest BCUT2D eigenvalue weighted by Gasteiger charge is 2.28. The van der Waals surface area contributed by atoms with Crippen LogP contribution in [-0.4, -0.2) is 36.9 Å². The van der Waals surface area contributed by atoms with E-state index in [-0.39, 0.29) is 0 Å². The Hall–Kier alpha value is -0.870. The molecule has 2 N–H and O–H groups in total. The number of hydrogen-bond acceptors (Lipinski definition) is 3. The first-order chi connectivity index (χ1) is 6.61. The topological polar surface area (TPSA) is 58.6 Å². The molecule has 4 nitrogen and oxygen atoms in total. The van der Waals surface area contributed by atoms with Crippen molar-refractivity contribution < 1.29 is 14.6 Å². The van der Waals surface area contributed by atoms with Crippen molar-refractivity contribution in [1.82, 2.24) is 5.32 Å². The van der Waals surface area contributed by atoms with Crippen molar-refractivity contribution in [2.24, 2.45) is 0 Å². The van der Waals surface area contributed by atoms with Crippen LogP contribution < -0.4 is 5.32 Å². The number of hydrogen-bond donors (Lipinski definition) is 2. The van der Waals surface area contributed by atoms with Crippen molar-refractivity contribution in [3.05, 3.63) is 11.6 Å². The maximum atomic E-state index is 10.3. The van der Waals surface area contributed by atoms with Crippen LogP contribution in [0, 0.1) is 0 Å². The van der Waals surface area contributed by atoms with E-state index in [1.54, 1.807) is 7.11 Å². The summed E-state index contributed by atoms with van der Waals surface area (Å²) in [6, 6.07) is 0.483. The van der Waals surface area contributed by atoms with Crippen LogP contribution in [0.25, 0.3) is 0 Å². The van der Waals surface area contributed by atoms with E-state index in [2.05, 4.69) is 5.32 Å². The number of rotatable bonds is 5. The highest BCUT2D eigenvalue weighted by Crippen LogP contribution is 2.22. The Kier molecular flexibility index (Phi) is 4.10. The van der Waals surface area contributed by atoms with Gasteiger partial charge in [-0.15, -0.1) is 0 Å². The third kappa shape index (κ3) is 3.47. The van der Waals surface area contributed by atoms with Crippen molar-refractivity contribution in [2.45, 2.75) is 31.9 Å². The molecule has 0 radical (unpaired) electrons. The van der Waals surface area contributed by atoms with Gasteiger partial charge >= 0.3 is 5.97 Å². The minimum absolute atomic E-state index is 0.385. The summed E-state index contributed by atoms with van der Waals surface area (Å²) in [5, 5.41) is 11.8. The average molecular weight is 199 g/mol. The summed E-state index contributed by atoms with van der Waals surface area (Å²) in [6.07, 6.45) is 3.67. The monoisotopic (exact) mass is 199 g/mol. The SMILES string of the molecule is COC1CC(NCC(C)=CC(=O)O)C1. The van der Waals surface area contributed by atoms with E-state index in [0.29, 0.717) is 18.7 Å². The lowest BCUT2D eigenvalue weighted by atomic mass is 9.89. The van der Waals surface area contributed by atoms with Gasteiger partial charge in [-0.05, 0) is 19.8 Å². The summed E-state index contributed by atoms with van der Waals surface area (Å²) in [5.74, 6) is -0.882. The lowest BCUT2D eigenvalue weighted by Crippen LogP contribution is -2.45. The molecular weight excluding hydrogens is 182 g/mol. The fourth-order valence-corrected chi connectivity index (χ4v) is 1.49. The summed E-state index contributed by atoms with van der Waals surface area (Å²) < 4.78 is 5.14. The van der Waals surface area contributed by atoms with Gasteiger partial charge < -0.3 is 15.2 Å². The van der Waals surface area contributed by atoms with E-state index in [9.17, 15) is 4.79 Å². The van der Waals surface area contributed by atoms with Crippen LogP contribution in [-0.2, 0) is 9.53 Å². The van der Waals surface area contributed by atoms with Gasteiger partial charge in [-0.3, -0.25) is 0 Å². The molecule has 0 aliphatic heterocycles. The van der Waals surface area contributed by atoms with Crippen LogP contribution in [0.3, 0.4) is 0 Å². The molecule has 0 aromatic rings. The minimum atomic E-state index is -0.882. The predicted octanol–water partition coefficient (Wildman–Crippen LogP) is 0.784. The second-order valence-corrected chi connectivity index (χ2v) is 3.74. The molecule has 0 unspecified atom stereocenters. The molecule has 4 heteroatoms. The highest BCUT2D eigenvalue weighted by molar-refractivity contribution is 5.80. The van der Waals surface area contributed by atoms with Crippen LogP contribution in [0.5, 0.6) is 0 Å². The number of aliphatic carboxylic acids is 1. The van der Waals surface area contributed by atoms with Crippen LogP contribution >= 0.6 is 0 Å². The van der Waals surface area contributed by atoms with Gasteiger partial charge in [0.05, 0.1) is 6.10 Å². The second kappa shape index (κ2) is 5.12. The Morgan fingerprint density at radius 1 is 1.64 bits per heavy atom. The zero-order valence-corrected chi connectivity index (χ0v) is 8.62. The van der Waals surface area contributed by atoms with E-state index < -0.39 is 5.97 Å². The fourth-order valence-electron chi connectivity index (χ4n) is 1.49. The predicted molar refractivity (Wildman–Crippen MR) is 53.2 cm³/mol. The number of carboxylic acid groups (broad SMARTS) is 1. The van der Waals surface area contributed by atoms with E-state index in [1.807, 2.05) is 6.92 Å². The number of nitrogens with one attached hydrogen (secondary N) is 1. The number of ether oxygens (including phenoxy) is 1. The molecular formula is C10H17NO3. The van der Waals surface area contributed by atoms with Crippen LogP contribution in [0.1, 0.15) is 19.8 Å². The summed E-state index contributed by atoms with van der Waals surface area (Å²) >= 11 is 0. The summed E-state index contributed by atoms with van der Waals surface area (Å²) in [4.78, 5) is 10.3. The van der Waals surface area contributed by atoms with Gasteiger partial charge in [0.15, 0.2) is 0 Å². The first-order valence-electron chi connectivity index (χ1n) is 4.78. The molecule has 0 atom stereocenters. The van der Waals surface area contributed by atoms with Gasteiger partial charge in [0.25, 0.3) is 0 Å². The third-order valence-electron chi connectivity index (χ3n) is 2.47. The Bertz CT molecular complexity index is 232. The van der Waals surface area contributed by atoms with Crippen molar-refractivity contribution in [1.29, 1.82) is 0 Å². The fraction of sp³-hybridized carbons (Fsp3) is 0.700. The smallest absolute Gasteiger partial charge is 0.328 e. The zero-order chi connectivity index (χ0) is 10.6. The molecule has 0 amide bonds. The number of carbonyl (C=O) groups is 1. The molecule has 0 saturated heterocycles. The number of carboxylic acids is 1. The molecule has 0 spiro atoms. The third-order valence-corrected chi connectivity index (χ3v) is 2.47. The van der Waals surface area contributed by atoms with Crippen LogP contribution in [0.15, 0.2) is 11.6 Å². The molecule has 0 heterocycles. The van der Waals surface area contributed by atoms with E-state index in [0.717, 1.165) is 18.4 Å². The van der Waals surface area contributed by atoms with Crippen molar-refractivity contribution >= 4 is 5.97 Å². The quantitative estimate of drug-likeness (QED) is 0.642. The van der Waals surface area contributed by atoms with E-state index in [1.165, 1.54) is 6.08 Å². The van der Waals surface area contributed by atoms with Crippen molar-refractivity contribution in [3.63, 3.8) is 0 Å². The molecule has 1 fully saturated rings. The molecule has 0 bridgehead atoms. The normalized spacial score (nSPS) is 27.1. The first kappa shape index (κ1) is 11.2. The van der Waals surface area contributed by atoms with Crippen molar-refractivity contribution in [3.8, 4) is 0 Å². The average Bonchev–Trinajstić information content (AvgIpc) is 2.00. The maximum Gasteiger partial charge on any atom is 0.328 e. The Morgan fingerprint density at radius 3 is 2.79 bits per heavy atom. The summed E-state index contributed by atoms with van der Waals surface area (Å²) in [7, 11) is 1.72. The Morgan fingerprint density at radius 2 is 2.29 bits per heavy atom. The summed E-state index contributed by atoms with van der Waals surface area (Å²) in [6.45, 7) is 2.46. The maximum absolute atomic E-state index is 10.3. The standard InChI is InChI=1S/C10H17NO3/c1-7(3-10(12)13)6-11-8-4-9(5-8)14-2/h3,8-9,11H,4-6H2,1-2H3,(H,12,13). The lowest BCUT2D eigenvalue weighted by Gasteiger charge is -2.34. The Balaban J connectivity index is 2.13. The second-order valence-electron chi connectivity index (χ2n) is 3.74. The molecule has 1 aliphatic rings. The number of methoxy groups -OCH3 is 1. The molecule has 1 rings (SSSR count). The largest absolute Gasteiger partial charge is 0.478 e. The van der Waals surface area contributed by atoms with Gasteiger partial charge in [0.1, 0.15) is 0 Å². The first-order valence-corrected chi connectivity index (χ1v) is 4.78. The molecule has 1 aliphatic carbocycles. The van der Waals surface area contributed by atoms with Gasteiger partial charge in [-0.25, -0.2) is 4.79 Å². The Labute approximate surface area is 83.9 Å². The van der Waals surface area contributed by atoms with Crippen LogP contribution in [0.2, 0.25) is 0 Å². The van der Waals surface area contributed by atoms with Gasteiger partial charge in [0, 0.05) is 25.8 Å². The van der Waals surface area contributed by atoms with Gasteiger partial charge in [-0.1, -0.05) is 5.57 Å². The molecule has 0 aromatic heterocycles. The molecule has 0 aromatic carbocycles. The minimum Gasteiger partial charge on any atom is -0.478 e. The van der Waals surface area contributed by atoms with E-state index in [4.69, 9.17) is 9.84 Å². The summed E-state index contributed by atoms with van der Waals surface area (Å²) in [5.41, 5.74) is 0.846. The van der Waals surface area contributed by atoms with Crippen LogP contribution in [0.4, 0.5) is 0 Å².